The summed E-state index contributed by atoms with van der Waals surface area (Å²) in [4.78, 5) is 32.2. The Hall–Kier alpha value is -3.53. The Kier molecular flexibility index (Phi) is 7.83. The second-order valence-corrected chi connectivity index (χ2v) is 8.74. The number of carbonyl (C=O) groups is 2. The van der Waals surface area contributed by atoms with Crippen molar-refractivity contribution in [2.45, 2.75) is 44.3 Å². The van der Waals surface area contributed by atoms with Gasteiger partial charge in [0.2, 0.25) is 0 Å². The molecule has 0 saturated heterocycles. The number of hydrogen-bond donors (Lipinski definition) is 2. The number of ether oxygens (including phenoxy) is 1. The molecule has 10 heteroatoms. The lowest BCUT2D eigenvalue weighted by Crippen LogP contribution is -2.48. The van der Waals surface area contributed by atoms with E-state index < -0.39 is 24.1 Å². The molecule has 2 N–H and O–H groups in total. The van der Waals surface area contributed by atoms with Crippen LogP contribution in [-0.2, 0) is 22.5 Å². The highest BCUT2D eigenvalue weighted by Gasteiger charge is 2.46. The van der Waals surface area contributed by atoms with Gasteiger partial charge in [-0.05, 0) is 74.5 Å². The number of carbonyl (C=O) groups excluding carboxylic acids is 2. The highest BCUT2D eigenvalue weighted by Crippen LogP contribution is 2.34. The van der Waals surface area contributed by atoms with Gasteiger partial charge < -0.3 is 19.9 Å². The summed E-state index contributed by atoms with van der Waals surface area (Å²) in [5.74, 6) is -2.62. The number of H-pyrrole nitrogens is 1. The molecule has 0 radical (unpaired) electrons. The minimum atomic E-state index is -5.21. The number of hydrogen-bond acceptors (Lipinski definition) is 5. The average molecular weight is 504 g/mol. The molecule has 1 aliphatic heterocycles. The fourth-order valence-corrected chi connectivity index (χ4v) is 4.47. The van der Waals surface area contributed by atoms with Gasteiger partial charge in [-0.3, -0.25) is 4.79 Å². The predicted octanol–water partition coefficient (Wildman–Crippen LogP) is 4.57. The van der Waals surface area contributed by atoms with Gasteiger partial charge in [-0.1, -0.05) is 30.3 Å². The molecule has 2 aromatic carbocycles. The second-order valence-electron chi connectivity index (χ2n) is 8.74. The number of hydroxylamine groups is 2. The zero-order valence-electron chi connectivity index (χ0n) is 19.9. The Morgan fingerprint density at radius 1 is 1.14 bits per heavy atom. The van der Waals surface area contributed by atoms with Gasteiger partial charge in [0.05, 0.1) is 13.2 Å². The molecule has 1 aromatic heterocycles. The summed E-state index contributed by atoms with van der Waals surface area (Å²) in [6, 6.07) is 14.6. The summed E-state index contributed by atoms with van der Waals surface area (Å²) < 4.78 is 44.0. The van der Waals surface area contributed by atoms with Gasteiger partial charge >= 0.3 is 18.1 Å². The standard InChI is InChI=1S/C26H28F3N3O4/c1-35-19-11-12-22-20(16-19)21-15-18(10-6-14-30-13-5-9-17-7-3-2-4-8-17)32(24(33)23(21)31-22)36-25(34)26(27,28)29/h2-4,7-8,11-12,16,18,30-31H,5-6,9-10,13-15H2,1H3. The second kappa shape index (κ2) is 11.0. The van der Waals surface area contributed by atoms with Crippen LogP contribution in [0.25, 0.3) is 10.9 Å². The number of fused-ring (bicyclic) bond motifs is 3. The van der Waals surface area contributed by atoms with Crippen LogP contribution >= 0.6 is 0 Å². The van der Waals surface area contributed by atoms with Crippen LogP contribution in [0.5, 0.6) is 5.75 Å². The van der Waals surface area contributed by atoms with Crippen molar-refractivity contribution in [1.82, 2.24) is 15.4 Å². The van der Waals surface area contributed by atoms with Gasteiger partial charge in [0.1, 0.15) is 11.4 Å². The summed E-state index contributed by atoms with van der Waals surface area (Å²) in [7, 11) is 1.53. The molecule has 1 aliphatic rings. The van der Waals surface area contributed by atoms with E-state index in [4.69, 9.17) is 4.74 Å². The van der Waals surface area contributed by atoms with Crippen molar-refractivity contribution in [3.63, 3.8) is 0 Å². The molecule has 7 nitrogen and oxygen atoms in total. The average Bonchev–Trinajstić information content (AvgIpc) is 3.23. The molecule has 1 unspecified atom stereocenters. The van der Waals surface area contributed by atoms with Crippen LogP contribution in [0.15, 0.2) is 48.5 Å². The fraction of sp³-hybridized carbons (Fsp3) is 0.385. The van der Waals surface area contributed by atoms with Gasteiger partial charge in [-0.2, -0.15) is 18.2 Å². The Morgan fingerprint density at radius 3 is 2.61 bits per heavy atom. The Bertz CT molecular complexity index is 1210. The molecule has 1 atom stereocenters. The smallest absolute Gasteiger partial charge is 0.493 e. The molecule has 36 heavy (non-hydrogen) atoms. The van der Waals surface area contributed by atoms with Gasteiger partial charge in [0, 0.05) is 10.9 Å². The number of nitrogens with one attached hydrogen (secondary N) is 2. The quantitative estimate of drug-likeness (QED) is 0.396. The van der Waals surface area contributed by atoms with E-state index in [0.717, 1.165) is 24.8 Å². The van der Waals surface area contributed by atoms with Crippen LogP contribution in [0, 0.1) is 0 Å². The lowest BCUT2D eigenvalue weighted by Gasteiger charge is -2.33. The highest BCUT2D eigenvalue weighted by atomic mass is 19.4. The summed E-state index contributed by atoms with van der Waals surface area (Å²) in [6.45, 7) is 1.41. The zero-order chi connectivity index (χ0) is 25.7. The minimum Gasteiger partial charge on any atom is -0.497 e. The van der Waals surface area contributed by atoms with Crippen molar-refractivity contribution in [3.8, 4) is 5.75 Å². The van der Waals surface area contributed by atoms with Crippen LogP contribution in [0.4, 0.5) is 13.2 Å². The molecule has 1 amide bonds. The van der Waals surface area contributed by atoms with E-state index in [-0.39, 0.29) is 12.1 Å². The molecule has 0 aliphatic carbocycles. The number of alkyl halides is 3. The first-order valence-electron chi connectivity index (χ1n) is 11.8. The van der Waals surface area contributed by atoms with Crippen molar-refractivity contribution in [3.05, 3.63) is 65.4 Å². The Morgan fingerprint density at radius 2 is 1.89 bits per heavy atom. The number of aromatic amines is 1. The molecule has 3 aromatic rings. The van der Waals surface area contributed by atoms with Crippen LogP contribution in [0.1, 0.15) is 40.9 Å². The van der Waals surface area contributed by atoms with Gasteiger partial charge in [-0.15, -0.1) is 0 Å². The molecule has 4 rings (SSSR count). The third-order valence-corrected chi connectivity index (χ3v) is 6.26. The number of amides is 1. The van der Waals surface area contributed by atoms with E-state index in [2.05, 4.69) is 27.3 Å². The molecule has 0 bridgehead atoms. The van der Waals surface area contributed by atoms with E-state index in [9.17, 15) is 22.8 Å². The number of benzene rings is 2. The SMILES string of the molecule is COc1ccc2[nH]c3c(c2c1)CC(CCCNCCCc1ccccc1)N(OC(=O)C(F)(F)F)C3=O. The van der Waals surface area contributed by atoms with E-state index in [1.165, 1.54) is 12.7 Å². The van der Waals surface area contributed by atoms with Gasteiger partial charge in [0.15, 0.2) is 0 Å². The lowest BCUT2D eigenvalue weighted by atomic mass is 9.94. The van der Waals surface area contributed by atoms with E-state index in [1.54, 1.807) is 18.2 Å². The van der Waals surface area contributed by atoms with Crippen LogP contribution in [0.2, 0.25) is 0 Å². The van der Waals surface area contributed by atoms with Crippen molar-refractivity contribution in [2.75, 3.05) is 20.2 Å². The summed E-state index contributed by atoms with van der Waals surface area (Å²) in [5, 5.41) is 4.67. The summed E-state index contributed by atoms with van der Waals surface area (Å²) >= 11 is 0. The third kappa shape index (κ3) is 5.81. The van der Waals surface area contributed by atoms with Crippen molar-refractivity contribution in [2.24, 2.45) is 0 Å². The lowest BCUT2D eigenvalue weighted by molar-refractivity contribution is -0.235. The number of methoxy groups -OCH3 is 1. The normalized spacial score (nSPS) is 15.7. The first-order chi connectivity index (χ1) is 17.3. The molecular formula is C26H28F3N3O4. The van der Waals surface area contributed by atoms with Gasteiger partial charge in [-0.25, -0.2) is 4.79 Å². The maximum atomic E-state index is 13.1. The van der Waals surface area contributed by atoms with E-state index in [0.29, 0.717) is 41.3 Å². The molecule has 2 heterocycles. The molecule has 0 saturated carbocycles. The summed E-state index contributed by atoms with van der Waals surface area (Å²) in [5.41, 5.74) is 2.70. The molecule has 0 fully saturated rings. The topological polar surface area (TPSA) is 83.7 Å². The van der Waals surface area contributed by atoms with E-state index in [1.807, 2.05) is 18.2 Å². The molecule has 0 spiro atoms. The molecule has 192 valence electrons. The third-order valence-electron chi connectivity index (χ3n) is 6.26. The van der Waals surface area contributed by atoms with Crippen LogP contribution in [-0.4, -0.2) is 54.3 Å². The van der Waals surface area contributed by atoms with Gasteiger partial charge in [0.25, 0.3) is 0 Å². The fourth-order valence-electron chi connectivity index (χ4n) is 4.47. The number of nitrogens with zero attached hydrogens (tertiary/aromatic N) is 1. The van der Waals surface area contributed by atoms with Crippen molar-refractivity contribution < 1.29 is 32.3 Å². The number of rotatable bonds is 10. The number of aryl methyl sites for hydroxylation is 1. The van der Waals surface area contributed by atoms with Crippen molar-refractivity contribution in [1.29, 1.82) is 0 Å². The monoisotopic (exact) mass is 503 g/mol. The van der Waals surface area contributed by atoms with Crippen molar-refractivity contribution >= 4 is 22.8 Å². The molecular weight excluding hydrogens is 475 g/mol. The largest absolute Gasteiger partial charge is 0.497 e. The Labute approximate surface area is 206 Å². The minimum absolute atomic E-state index is 0.114. The maximum absolute atomic E-state index is 13.1. The first-order valence-corrected chi connectivity index (χ1v) is 11.8. The summed E-state index contributed by atoms with van der Waals surface area (Å²) in [6.07, 6.45) is -2.13. The number of halogens is 3. The first kappa shape index (κ1) is 25.6. The van der Waals surface area contributed by atoms with Crippen LogP contribution < -0.4 is 10.1 Å². The van der Waals surface area contributed by atoms with Crippen LogP contribution in [0.3, 0.4) is 0 Å². The highest BCUT2D eigenvalue weighted by molar-refractivity contribution is 6.02. The number of aromatic nitrogens is 1. The zero-order valence-corrected chi connectivity index (χ0v) is 19.9. The van der Waals surface area contributed by atoms with E-state index >= 15 is 0 Å². The Balaban J connectivity index is 1.42. The maximum Gasteiger partial charge on any atom is 0.493 e. The predicted molar refractivity (Wildman–Crippen MR) is 128 cm³/mol.